The molecule has 0 aliphatic heterocycles. The van der Waals surface area contributed by atoms with Gasteiger partial charge in [-0.05, 0) is 19.1 Å². The number of amides is 1. The molecule has 2 rings (SSSR count). The van der Waals surface area contributed by atoms with E-state index in [1.807, 2.05) is 0 Å². The van der Waals surface area contributed by atoms with Crippen molar-refractivity contribution in [1.82, 2.24) is 10.2 Å². The van der Waals surface area contributed by atoms with E-state index in [-0.39, 0.29) is 5.69 Å². The van der Waals surface area contributed by atoms with Crippen molar-refractivity contribution in [2.24, 2.45) is 0 Å². The van der Waals surface area contributed by atoms with Gasteiger partial charge in [-0.3, -0.25) is 4.79 Å². The zero-order chi connectivity index (χ0) is 15.4. The van der Waals surface area contributed by atoms with Crippen molar-refractivity contribution in [3.63, 3.8) is 0 Å². The van der Waals surface area contributed by atoms with Crippen LogP contribution in [0, 0.1) is 6.92 Å². The Kier molecular flexibility index (Phi) is 4.59. The minimum Gasteiger partial charge on any atom is -0.495 e. The molecule has 0 spiro atoms. The smallest absolute Gasteiger partial charge is 0.276 e. The number of carbonyl (C=O) groups excluding carboxylic acids is 1. The van der Waals surface area contributed by atoms with Crippen LogP contribution in [-0.2, 0) is 0 Å². The fraction of sp³-hybridized carbons (Fsp3) is 0.214. The number of ether oxygens (including phenoxy) is 2. The summed E-state index contributed by atoms with van der Waals surface area (Å²) in [4.78, 5) is 12.1. The molecule has 1 heterocycles. The number of hydrogen-bond acceptors (Lipinski definition) is 5. The van der Waals surface area contributed by atoms with E-state index < -0.39 is 5.91 Å². The minimum absolute atomic E-state index is 0.205. The molecule has 0 aliphatic rings. The molecule has 0 radical (unpaired) electrons. The van der Waals surface area contributed by atoms with Crippen LogP contribution in [0.25, 0.3) is 0 Å². The van der Waals surface area contributed by atoms with Crippen LogP contribution in [0.15, 0.2) is 24.3 Å². The third-order valence-electron chi connectivity index (χ3n) is 2.75. The number of hydrogen-bond donors (Lipinski definition) is 1. The van der Waals surface area contributed by atoms with Crippen molar-refractivity contribution in [3.8, 4) is 11.5 Å². The van der Waals surface area contributed by atoms with Crippen molar-refractivity contribution < 1.29 is 14.3 Å². The highest BCUT2D eigenvalue weighted by Crippen LogP contribution is 2.35. The van der Waals surface area contributed by atoms with Crippen LogP contribution in [0.3, 0.4) is 0 Å². The molecular weight excluding hydrogens is 294 g/mol. The molecule has 1 aromatic heterocycles. The zero-order valence-corrected chi connectivity index (χ0v) is 12.6. The van der Waals surface area contributed by atoms with Crippen LogP contribution in [-0.4, -0.2) is 30.3 Å². The summed E-state index contributed by atoms with van der Waals surface area (Å²) >= 11 is 6.01. The van der Waals surface area contributed by atoms with Gasteiger partial charge in [-0.15, -0.1) is 5.10 Å². The highest BCUT2D eigenvalue weighted by atomic mass is 35.5. The molecule has 0 atom stereocenters. The Hall–Kier alpha value is -2.34. The summed E-state index contributed by atoms with van der Waals surface area (Å²) in [6, 6.07) is 6.45. The van der Waals surface area contributed by atoms with Crippen LogP contribution in [0.1, 0.15) is 16.2 Å². The zero-order valence-electron chi connectivity index (χ0n) is 11.8. The second-order valence-corrected chi connectivity index (χ2v) is 4.61. The number of rotatable bonds is 4. The van der Waals surface area contributed by atoms with Crippen LogP contribution >= 0.6 is 11.6 Å². The van der Waals surface area contributed by atoms with E-state index in [1.54, 1.807) is 31.2 Å². The molecule has 7 heteroatoms. The number of benzene rings is 1. The molecule has 1 amide bonds. The number of nitrogens with one attached hydrogen (secondary N) is 1. The molecule has 0 unspecified atom stereocenters. The van der Waals surface area contributed by atoms with Crippen molar-refractivity contribution in [3.05, 3.63) is 40.7 Å². The molecule has 0 bridgehead atoms. The fourth-order valence-corrected chi connectivity index (χ4v) is 1.90. The largest absolute Gasteiger partial charge is 0.495 e. The van der Waals surface area contributed by atoms with Gasteiger partial charge in [0, 0.05) is 12.1 Å². The Morgan fingerprint density at radius 2 is 1.86 bits per heavy atom. The maximum Gasteiger partial charge on any atom is 0.276 e. The molecule has 1 aromatic carbocycles. The summed E-state index contributed by atoms with van der Waals surface area (Å²) in [6.07, 6.45) is 0. The second-order valence-electron chi connectivity index (χ2n) is 4.20. The van der Waals surface area contributed by atoms with Crippen LogP contribution < -0.4 is 14.8 Å². The maximum absolute atomic E-state index is 12.1. The van der Waals surface area contributed by atoms with E-state index in [9.17, 15) is 4.79 Å². The van der Waals surface area contributed by atoms with Gasteiger partial charge >= 0.3 is 0 Å². The molecule has 6 nitrogen and oxygen atoms in total. The van der Waals surface area contributed by atoms with E-state index in [1.165, 1.54) is 14.2 Å². The van der Waals surface area contributed by atoms with Gasteiger partial charge in [-0.2, -0.15) is 5.10 Å². The predicted molar refractivity (Wildman–Crippen MR) is 79.3 cm³/mol. The molecule has 0 saturated heterocycles. The van der Waals surface area contributed by atoms with E-state index >= 15 is 0 Å². The number of nitrogens with zero attached hydrogens (tertiary/aromatic N) is 2. The lowest BCUT2D eigenvalue weighted by Crippen LogP contribution is -2.15. The number of methoxy groups -OCH3 is 2. The minimum atomic E-state index is -0.398. The van der Waals surface area contributed by atoms with Gasteiger partial charge in [-0.25, -0.2) is 0 Å². The summed E-state index contributed by atoms with van der Waals surface area (Å²) in [7, 11) is 2.98. The first-order valence-electron chi connectivity index (χ1n) is 6.08. The standard InChI is InChI=1S/C14H14ClN3O3/c1-8-4-5-10(18-17-8)14(19)16-11-7-12(20-2)9(15)6-13(11)21-3/h4-7H,1-3H3,(H,16,19). The SMILES string of the molecule is COc1cc(NC(=O)c2ccc(C)nn2)c(OC)cc1Cl. The lowest BCUT2D eigenvalue weighted by atomic mass is 10.2. The second kappa shape index (κ2) is 6.41. The van der Waals surface area contributed by atoms with E-state index in [0.717, 1.165) is 5.69 Å². The van der Waals surface area contributed by atoms with Crippen molar-refractivity contribution >= 4 is 23.2 Å². The average molecular weight is 308 g/mol. The predicted octanol–water partition coefficient (Wildman–Crippen LogP) is 2.71. The maximum atomic E-state index is 12.1. The topological polar surface area (TPSA) is 73.3 Å². The first-order valence-corrected chi connectivity index (χ1v) is 6.46. The molecule has 0 fully saturated rings. The Balaban J connectivity index is 2.29. The third kappa shape index (κ3) is 3.41. The van der Waals surface area contributed by atoms with Crippen molar-refractivity contribution in [1.29, 1.82) is 0 Å². The molecular formula is C14H14ClN3O3. The first kappa shape index (κ1) is 15.1. The number of anilines is 1. The number of halogens is 1. The summed E-state index contributed by atoms with van der Waals surface area (Å²) in [5.41, 5.74) is 1.37. The van der Waals surface area contributed by atoms with Gasteiger partial charge in [0.2, 0.25) is 0 Å². The fourth-order valence-electron chi connectivity index (χ4n) is 1.66. The van der Waals surface area contributed by atoms with Gasteiger partial charge in [-0.1, -0.05) is 11.6 Å². The van der Waals surface area contributed by atoms with E-state index in [4.69, 9.17) is 21.1 Å². The molecule has 0 saturated carbocycles. The lowest BCUT2D eigenvalue weighted by molar-refractivity contribution is 0.102. The van der Waals surface area contributed by atoms with Crippen LogP contribution in [0.2, 0.25) is 5.02 Å². The van der Waals surface area contributed by atoms with Gasteiger partial charge < -0.3 is 14.8 Å². The monoisotopic (exact) mass is 307 g/mol. The van der Waals surface area contributed by atoms with Gasteiger partial charge in [0.05, 0.1) is 30.6 Å². The van der Waals surface area contributed by atoms with Crippen molar-refractivity contribution in [2.75, 3.05) is 19.5 Å². The van der Waals surface area contributed by atoms with E-state index in [2.05, 4.69) is 15.5 Å². The summed E-state index contributed by atoms with van der Waals surface area (Å²) in [6.45, 7) is 1.79. The summed E-state index contributed by atoms with van der Waals surface area (Å²) in [5, 5.41) is 10.8. The first-order chi connectivity index (χ1) is 10.0. The quantitative estimate of drug-likeness (QED) is 0.940. The summed E-state index contributed by atoms with van der Waals surface area (Å²) < 4.78 is 10.3. The van der Waals surface area contributed by atoms with Crippen molar-refractivity contribution in [2.45, 2.75) is 6.92 Å². The normalized spacial score (nSPS) is 10.1. The van der Waals surface area contributed by atoms with Gasteiger partial charge in [0.25, 0.3) is 5.91 Å². The third-order valence-corrected chi connectivity index (χ3v) is 3.05. The molecule has 0 aliphatic carbocycles. The molecule has 21 heavy (non-hydrogen) atoms. The molecule has 1 N–H and O–H groups in total. The van der Waals surface area contributed by atoms with Gasteiger partial charge in [0.1, 0.15) is 11.5 Å². The van der Waals surface area contributed by atoms with Crippen LogP contribution in [0.5, 0.6) is 11.5 Å². The Morgan fingerprint density at radius 3 is 2.43 bits per heavy atom. The molecule has 2 aromatic rings. The Morgan fingerprint density at radius 1 is 1.14 bits per heavy atom. The van der Waals surface area contributed by atoms with Crippen LogP contribution in [0.4, 0.5) is 5.69 Å². The number of carbonyl (C=O) groups is 1. The lowest BCUT2D eigenvalue weighted by Gasteiger charge is -2.12. The van der Waals surface area contributed by atoms with E-state index in [0.29, 0.717) is 22.2 Å². The number of aromatic nitrogens is 2. The average Bonchev–Trinajstić information content (AvgIpc) is 2.49. The summed E-state index contributed by atoms with van der Waals surface area (Å²) in [5.74, 6) is 0.460. The highest BCUT2D eigenvalue weighted by Gasteiger charge is 2.14. The highest BCUT2D eigenvalue weighted by molar-refractivity contribution is 6.32. The Labute approximate surface area is 127 Å². The van der Waals surface area contributed by atoms with Gasteiger partial charge in [0.15, 0.2) is 5.69 Å². The molecule has 110 valence electrons. The Bertz CT molecular complexity index is 659. The number of aryl methyl sites for hydroxylation is 1.